The first-order valence-electron chi connectivity index (χ1n) is 8.91. The molecule has 0 aromatic carbocycles. The second-order valence-electron chi connectivity index (χ2n) is 5.39. The van der Waals surface area contributed by atoms with Gasteiger partial charge in [0.15, 0.2) is 0 Å². The molecule has 112 valence electrons. The Balaban J connectivity index is 3.10. The van der Waals surface area contributed by atoms with Gasteiger partial charge >= 0.3 is 0 Å². The van der Waals surface area contributed by atoms with Crippen LogP contribution in [0.4, 0.5) is 0 Å². The monoisotopic (exact) mass is 267 g/mol. The van der Waals surface area contributed by atoms with Crippen LogP contribution in [0.1, 0.15) is 98.2 Å². The van der Waals surface area contributed by atoms with Gasteiger partial charge in [-0.05, 0) is 32.1 Å². The summed E-state index contributed by atoms with van der Waals surface area (Å²) in [5, 5.41) is 0. The average molecular weight is 267 g/mol. The summed E-state index contributed by atoms with van der Waals surface area (Å²) in [4.78, 5) is 10.3. The number of rotatable bonds is 15. The Labute approximate surface area is 122 Å². The average Bonchev–Trinajstić information content (AvgIpc) is 2.47. The highest BCUT2D eigenvalue weighted by molar-refractivity contribution is 5.48. The summed E-state index contributed by atoms with van der Waals surface area (Å²) in [6.45, 7) is 2.26. The normalized spacial score (nSPS) is 13.6. The van der Waals surface area contributed by atoms with Gasteiger partial charge in [-0.1, -0.05) is 70.4 Å². The molecule has 19 heavy (non-hydrogen) atoms. The zero-order valence-corrected chi connectivity index (χ0v) is 12.9. The van der Waals surface area contributed by atoms with Gasteiger partial charge in [-0.15, -0.1) is 0 Å². The van der Waals surface area contributed by atoms with E-state index in [1.165, 1.54) is 64.2 Å². The summed E-state index contributed by atoms with van der Waals surface area (Å²) < 4.78 is 7.31. The Morgan fingerprint density at radius 3 is 1.74 bits per heavy atom. The van der Waals surface area contributed by atoms with Crippen molar-refractivity contribution in [3.8, 4) is 0 Å². The maximum atomic E-state index is 10.3. The lowest BCUT2D eigenvalue weighted by molar-refractivity contribution is -0.107. The number of hydrogen-bond acceptors (Lipinski definition) is 1. The maximum Gasteiger partial charge on any atom is 0.119 e. The summed E-state index contributed by atoms with van der Waals surface area (Å²) in [6.07, 6.45) is 21.0. The van der Waals surface area contributed by atoms with Crippen LogP contribution in [0, 0.1) is 0 Å². The maximum absolute atomic E-state index is 10.3. The summed E-state index contributed by atoms with van der Waals surface area (Å²) in [5.41, 5.74) is 0. The van der Waals surface area contributed by atoms with Gasteiger partial charge in [-0.2, -0.15) is 0 Å². The van der Waals surface area contributed by atoms with Crippen molar-refractivity contribution >= 4 is 6.29 Å². The quantitative estimate of drug-likeness (QED) is 0.195. The van der Waals surface area contributed by atoms with E-state index in [9.17, 15) is 4.79 Å². The van der Waals surface area contributed by atoms with Crippen LogP contribution in [0.5, 0.6) is 0 Å². The number of allylic oxidation sites excluding steroid dienone is 2. The molecule has 0 aromatic rings. The van der Waals surface area contributed by atoms with Crippen molar-refractivity contribution in [3.63, 3.8) is 0 Å². The van der Waals surface area contributed by atoms with Crippen molar-refractivity contribution in [3.05, 3.63) is 12.2 Å². The largest absolute Gasteiger partial charge is 0.303 e. The SMILES string of the molecule is [2H]C(C=O)CCCCCCC=CCCCCCCCC. The third kappa shape index (κ3) is 17.4. The molecule has 0 radical (unpaired) electrons. The van der Waals surface area contributed by atoms with Crippen LogP contribution in [-0.4, -0.2) is 6.29 Å². The predicted molar refractivity (Wildman–Crippen MR) is 85.5 cm³/mol. The van der Waals surface area contributed by atoms with E-state index in [2.05, 4.69) is 19.1 Å². The third-order valence-electron chi connectivity index (χ3n) is 3.48. The smallest absolute Gasteiger partial charge is 0.119 e. The molecule has 0 N–H and O–H groups in total. The molecular formula is C18H34O. The number of hydrogen-bond donors (Lipinski definition) is 0. The molecule has 1 atom stereocenters. The molecule has 0 aliphatic carbocycles. The van der Waals surface area contributed by atoms with Gasteiger partial charge in [0, 0.05) is 7.77 Å². The summed E-state index contributed by atoms with van der Waals surface area (Å²) >= 11 is 0. The van der Waals surface area contributed by atoms with Gasteiger partial charge in [0.1, 0.15) is 6.29 Å². The highest BCUT2D eigenvalue weighted by Crippen LogP contribution is 2.09. The molecular weight excluding hydrogens is 232 g/mol. The first-order chi connectivity index (χ1) is 9.81. The lowest BCUT2D eigenvalue weighted by atomic mass is 10.1. The molecule has 0 amide bonds. The lowest BCUT2D eigenvalue weighted by Gasteiger charge is -1.98. The van der Waals surface area contributed by atoms with Crippen LogP contribution in [0.2, 0.25) is 0 Å². The van der Waals surface area contributed by atoms with Crippen molar-refractivity contribution < 1.29 is 6.17 Å². The number of unbranched alkanes of at least 4 members (excludes halogenated alkanes) is 10. The van der Waals surface area contributed by atoms with Gasteiger partial charge in [0.2, 0.25) is 0 Å². The van der Waals surface area contributed by atoms with Gasteiger partial charge < -0.3 is 4.79 Å². The van der Waals surface area contributed by atoms with Crippen molar-refractivity contribution in [1.82, 2.24) is 0 Å². The van der Waals surface area contributed by atoms with Crippen LogP contribution < -0.4 is 0 Å². The van der Waals surface area contributed by atoms with Gasteiger partial charge in [-0.3, -0.25) is 0 Å². The minimum atomic E-state index is -0.493. The summed E-state index contributed by atoms with van der Waals surface area (Å²) in [6, 6.07) is 0. The minimum absolute atomic E-state index is 0.493. The fraction of sp³-hybridized carbons (Fsp3) is 0.833. The number of carbonyl (C=O) groups is 1. The van der Waals surface area contributed by atoms with E-state index in [1.807, 2.05) is 0 Å². The Morgan fingerprint density at radius 1 is 0.737 bits per heavy atom. The Kier molecular flexibility index (Phi) is 15.1. The molecule has 0 heterocycles. The Morgan fingerprint density at radius 2 is 1.21 bits per heavy atom. The fourth-order valence-corrected chi connectivity index (χ4v) is 2.22. The van der Waals surface area contributed by atoms with E-state index < -0.39 is 6.40 Å². The van der Waals surface area contributed by atoms with E-state index in [0.29, 0.717) is 0 Å². The lowest BCUT2D eigenvalue weighted by Crippen LogP contribution is -1.80. The highest BCUT2D eigenvalue weighted by atomic mass is 16.1. The van der Waals surface area contributed by atoms with Gasteiger partial charge in [0.25, 0.3) is 0 Å². The van der Waals surface area contributed by atoms with Crippen LogP contribution >= 0.6 is 0 Å². The summed E-state index contributed by atoms with van der Waals surface area (Å²) in [7, 11) is 0. The minimum Gasteiger partial charge on any atom is -0.303 e. The second-order valence-corrected chi connectivity index (χ2v) is 5.39. The molecule has 0 aliphatic rings. The van der Waals surface area contributed by atoms with Crippen LogP contribution in [0.15, 0.2) is 12.2 Å². The van der Waals surface area contributed by atoms with Gasteiger partial charge in [0.05, 0.1) is 0 Å². The third-order valence-corrected chi connectivity index (χ3v) is 3.48. The zero-order chi connectivity index (χ0) is 14.9. The molecule has 0 aromatic heterocycles. The van der Waals surface area contributed by atoms with Crippen molar-refractivity contribution in [2.75, 3.05) is 0 Å². The molecule has 0 saturated carbocycles. The highest BCUT2D eigenvalue weighted by Gasteiger charge is 1.90. The molecule has 0 rings (SSSR count). The second kappa shape index (κ2) is 17.4. The van der Waals surface area contributed by atoms with Crippen molar-refractivity contribution in [2.45, 2.75) is 96.8 Å². The van der Waals surface area contributed by atoms with E-state index in [0.717, 1.165) is 25.5 Å². The van der Waals surface area contributed by atoms with E-state index >= 15 is 0 Å². The van der Waals surface area contributed by atoms with Crippen LogP contribution in [-0.2, 0) is 4.79 Å². The van der Waals surface area contributed by atoms with Crippen LogP contribution in [0.25, 0.3) is 0 Å². The van der Waals surface area contributed by atoms with Gasteiger partial charge in [-0.25, -0.2) is 0 Å². The molecule has 1 unspecified atom stereocenters. The molecule has 0 spiro atoms. The topological polar surface area (TPSA) is 17.1 Å². The van der Waals surface area contributed by atoms with E-state index in [4.69, 9.17) is 1.37 Å². The first kappa shape index (κ1) is 16.5. The van der Waals surface area contributed by atoms with Crippen molar-refractivity contribution in [2.24, 2.45) is 0 Å². The Bertz CT molecular complexity index is 225. The van der Waals surface area contributed by atoms with E-state index in [1.54, 1.807) is 0 Å². The molecule has 1 nitrogen and oxygen atoms in total. The predicted octanol–water partition coefficient (Wildman–Crippen LogP) is 6.22. The van der Waals surface area contributed by atoms with E-state index in [-0.39, 0.29) is 0 Å². The summed E-state index contributed by atoms with van der Waals surface area (Å²) in [5.74, 6) is 0. The Hall–Kier alpha value is -0.590. The number of aldehydes is 1. The number of carbonyl (C=O) groups excluding carboxylic acids is 1. The molecule has 1 heteroatoms. The van der Waals surface area contributed by atoms with Crippen LogP contribution in [0.3, 0.4) is 0 Å². The molecule has 0 fully saturated rings. The first-order valence-corrected chi connectivity index (χ1v) is 8.33. The zero-order valence-electron chi connectivity index (χ0n) is 13.9. The fourth-order valence-electron chi connectivity index (χ4n) is 2.22. The molecule has 0 bridgehead atoms. The standard InChI is InChI=1S/C18H34O/c1-2-3-4-5-6-7-8-9-10-11-12-13-14-15-16-17-18-19/h9-10,18H,2-8,11-17H2,1H3/i17D. The molecule has 0 saturated heterocycles. The molecule has 0 aliphatic heterocycles. The van der Waals surface area contributed by atoms with Crippen molar-refractivity contribution in [1.29, 1.82) is 0 Å².